The first-order chi connectivity index (χ1) is 36.5. The van der Waals surface area contributed by atoms with E-state index in [0.717, 1.165) is 116 Å². The Hall–Kier alpha value is -3.15. The Morgan fingerprint density at radius 2 is 0.554 bits per heavy atom. The molecule has 0 amide bonds. The van der Waals surface area contributed by atoms with Gasteiger partial charge in [-0.1, -0.05) is 293 Å². The zero-order valence-electron chi connectivity index (χ0n) is 49.1. The summed E-state index contributed by atoms with van der Waals surface area (Å²) in [5, 5.41) is 0. The van der Waals surface area contributed by atoms with Crippen LogP contribution in [0.3, 0.4) is 0 Å². The Kier molecular flexibility index (Phi) is 59.7. The molecule has 0 radical (unpaired) electrons. The molecule has 0 spiro atoms. The van der Waals surface area contributed by atoms with Crippen LogP contribution in [0.25, 0.3) is 0 Å². The zero-order chi connectivity index (χ0) is 53.6. The predicted octanol–water partition coefficient (Wildman–Crippen LogP) is 21.7. The maximum atomic E-state index is 12.8. The molecule has 0 aromatic carbocycles. The van der Waals surface area contributed by atoms with Crippen LogP contribution < -0.4 is 0 Å². The van der Waals surface area contributed by atoms with Crippen molar-refractivity contribution in [2.45, 2.75) is 329 Å². The molecule has 0 aliphatic rings. The molecule has 0 rings (SSSR count). The molecule has 74 heavy (non-hydrogen) atoms. The molecule has 0 saturated heterocycles. The van der Waals surface area contributed by atoms with E-state index in [1.54, 1.807) is 0 Å². The van der Waals surface area contributed by atoms with Crippen LogP contribution in [0.15, 0.2) is 72.9 Å². The summed E-state index contributed by atoms with van der Waals surface area (Å²) in [5.74, 6) is -0.878. The number of hydrogen-bond donors (Lipinski definition) is 0. The zero-order valence-corrected chi connectivity index (χ0v) is 49.1. The fourth-order valence-electron chi connectivity index (χ4n) is 9.18. The number of carbonyl (C=O) groups excluding carboxylic acids is 3. The second-order valence-electron chi connectivity index (χ2n) is 21.3. The summed E-state index contributed by atoms with van der Waals surface area (Å²) < 4.78 is 16.8. The average molecular weight is 1030 g/mol. The van der Waals surface area contributed by atoms with Gasteiger partial charge in [0.15, 0.2) is 6.10 Å². The van der Waals surface area contributed by atoms with Crippen LogP contribution in [0.5, 0.6) is 0 Å². The predicted molar refractivity (Wildman–Crippen MR) is 321 cm³/mol. The maximum absolute atomic E-state index is 12.8. The van der Waals surface area contributed by atoms with Crippen molar-refractivity contribution in [1.29, 1.82) is 0 Å². The highest BCUT2D eigenvalue weighted by molar-refractivity contribution is 5.71. The summed E-state index contributed by atoms with van der Waals surface area (Å²) in [4.78, 5) is 38.1. The molecule has 6 nitrogen and oxygen atoms in total. The van der Waals surface area contributed by atoms with Crippen molar-refractivity contribution in [2.75, 3.05) is 13.2 Å². The minimum Gasteiger partial charge on any atom is -0.462 e. The first kappa shape index (κ1) is 70.8. The summed E-state index contributed by atoms with van der Waals surface area (Å²) in [6.07, 6.45) is 80.8. The first-order valence-electron chi connectivity index (χ1n) is 31.9. The van der Waals surface area contributed by atoms with Crippen molar-refractivity contribution in [2.24, 2.45) is 0 Å². The molecule has 0 aromatic heterocycles. The lowest BCUT2D eigenvalue weighted by Crippen LogP contribution is -2.30. The van der Waals surface area contributed by atoms with Crippen molar-refractivity contribution in [3.8, 4) is 0 Å². The lowest BCUT2D eigenvalue weighted by atomic mass is 10.0. The van der Waals surface area contributed by atoms with Gasteiger partial charge in [-0.25, -0.2) is 0 Å². The Labute approximate surface area is 459 Å². The summed E-state index contributed by atoms with van der Waals surface area (Å²) in [5.41, 5.74) is 0. The molecule has 0 fully saturated rings. The van der Waals surface area contributed by atoms with Gasteiger partial charge in [0, 0.05) is 19.3 Å². The fourth-order valence-corrected chi connectivity index (χ4v) is 9.18. The van der Waals surface area contributed by atoms with E-state index >= 15 is 0 Å². The van der Waals surface area contributed by atoms with Gasteiger partial charge in [-0.2, -0.15) is 0 Å². The standard InChI is InChI=1S/C68H120O6/c1-4-7-10-13-16-19-22-24-25-26-27-28-29-30-31-32-33-34-35-36-37-38-39-40-41-42-43-45-46-49-52-55-58-61-67(70)73-64-65(63-72-66(69)60-57-54-51-48-21-18-15-12-9-6-3)74-68(71)62-59-56-53-50-47-44-23-20-17-14-11-8-5-2/h7,10-11,14,16,19-20,23-25,27-28,65H,4-6,8-9,12-13,15,17-18,21-22,26,29-64H2,1-3H3/b10-7-,14-11-,19-16-,23-20-,25-24-,28-27-. The van der Waals surface area contributed by atoms with Crippen molar-refractivity contribution >= 4 is 17.9 Å². The topological polar surface area (TPSA) is 78.9 Å². The molecule has 0 saturated carbocycles. The van der Waals surface area contributed by atoms with E-state index in [9.17, 15) is 14.4 Å². The summed E-state index contributed by atoms with van der Waals surface area (Å²) in [6, 6.07) is 0. The number of carbonyl (C=O) groups is 3. The van der Waals surface area contributed by atoms with Crippen LogP contribution in [0.2, 0.25) is 0 Å². The van der Waals surface area contributed by atoms with Crippen LogP contribution in [-0.2, 0) is 28.6 Å². The lowest BCUT2D eigenvalue weighted by molar-refractivity contribution is -0.167. The molecule has 1 atom stereocenters. The van der Waals surface area contributed by atoms with Crippen LogP contribution in [0.4, 0.5) is 0 Å². The van der Waals surface area contributed by atoms with E-state index < -0.39 is 6.10 Å². The molecular formula is C68H120O6. The Morgan fingerprint density at radius 3 is 0.878 bits per heavy atom. The highest BCUT2D eigenvalue weighted by Gasteiger charge is 2.19. The molecule has 0 bridgehead atoms. The van der Waals surface area contributed by atoms with Gasteiger partial charge in [0.1, 0.15) is 13.2 Å². The molecular weight excluding hydrogens is 913 g/mol. The Bertz CT molecular complexity index is 1370. The lowest BCUT2D eigenvalue weighted by Gasteiger charge is -2.18. The molecule has 428 valence electrons. The molecule has 0 aromatic rings. The summed E-state index contributed by atoms with van der Waals surface area (Å²) in [7, 11) is 0. The van der Waals surface area contributed by atoms with Gasteiger partial charge >= 0.3 is 17.9 Å². The van der Waals surface area contributed by atoms with Gasteiger partial charge in [0.2, 0.25) is 0 Å². The Morgan fingerprint density at radius 1 is 0.284 bits per heavy atom. The first-order valence-corrected chi connectivity index (χ1v) is 31.9. The third-order valence-electron chi connectivity index (χ3n) is 13.9. The largest absolute Gasteiger partial charge is 0.462 e. The van der Waals surface area contributed by atoms with Gasteiger partial charge in [-0.3, -0.25) is 14.4 Å². The Balaban J connectivity index is 4.03. The third-order valence-corrected chi connectivity index (χ3v) is 13.9. The van der Waals surface area contributed by atoms with E-state index in [1.165, 1.54) is 167 Å². The number of unbranched alkanes of at least 4 members (excludes halogenated alkanes) is 35. The summed E-state index contributed by atoms with van der Waals surface area (Å²) >= 11 is 0. The number of ether oxygens (including phenoxy) is 3. The van der Waals surface area contributed by atoms with Gasteiger partial charge in [0.25, 0.3) is 0 Å². The van der Waals surface area contributed by atoms with Crippen LogP contribution in [0, 0.1) is 0 Å². The van der Waals surface area contributed by atoms with Crippen LogP contribution >= 0.6 is 0 Å². The SMILES string of the molecule is CC/C=C\C/C=C\C/C=C\C/C=C\CCCCCCCCCCCCCCCCCCCCCCC(=O)OCC(COC(=O)CCCCCCCCCCCC)OC(=O)CCCCCCC/C=C\C/C=C\CCC. The van der Waals surface area contributed by atoms with Crippen molar-refractivity contribution in [1.82, 2.24) is 0 Å². The van der Waals surface area contributed by atoms with E-state index in [-0.39, 0.29) is 31.1 Å². The van der Waals surface area contributed by atoms with Crippen LogP contribution in [-0.4, -0.2) is 37.2 Å². The third kappa shape index (κ3) is 59.7. The second-order valence-corrected chi connectivity index (χ2v) is 21.3. The van der Waals surface area contributed by atoms with Crippen LogP contribution in [0.1, 0.15) is 323 Å². The van der Waals surface area contributed by atoms with E-state index in [1.807, 2.05) is 0 Å². The summed E-state index contributed by atoms with van der Waals surface area (Å²) in [6.45, 7) is 6.47. The smallest absolute Gasteiger partial charge is 0.306 e. The van der Waals surface area contributed by atoms with Gasteiger partial charge in [0.05, 0.1) is 0 Å². The molecule has 6 heteroatoms. The quantitative estimate of drug-likeness (QED) is 0.0261. The minimum atomic E-state index is -0.777. The second kappa shape index (κ2) is 62.4. The van der Waals surface area contributed by atoms with Gasteiger partial charge < -0.3 is 14.2 Å². The molecule has 0 aliphatic heterocycles. The van der Waals surface area contributed by atoms with Gasteiger partial charge in [-0.15, -0.1) is 0 Å². The fraction of sp³-hybridized carbons (Fsp3) is 0.779. The number of esters is 3. The average Bonchev–Trinajstić information content (AvgIpc) is 3.40. The monoisotopic (exact) mass is 1030 g/mol. The highest BCUT2D eigenvalue weighted by atomic mass is 16.6. The normalized spacial score (nSPS) is 12.5. The van der Waals surface area contributed by atoms with E-state index in [0.29, 0.717) is 19.3 Å². The van der Waals surface area contributed by atoms with Crippen molar-refractivity contribution in [3.63, 3.8) is 0 Å². The van der Waals surface area contributed by atoms with Crippen molar-refractivity contribution < 1.29 is 28.6 Å². The molecule has 1 unspecified atom stereocenters. The maximum Gasteiger partial charge on any atom is 0.306 e. The molecule has 0 heterocycles. The van der Waals surface area contributed by atoms with E-state index in [2.05, 4.69) is 93.7 Å². The van der Waals surface area contributed by atoms with Gasteiger partial charge in [-0.05, 0) is 83.5 Å². The minimum absolute atomic E-state index is 0.0760. The number of hydrogen-bond acceptors (Lipinski definition) is 6. The highest BCUT2D eigenvalue weighted by Crippen LogP contribution is 2.17. The van der Waals surface area contributed by atoms with E-state index in [4.69, 9.17) is 14.2 Å². The number of allylic oxidation sites excluding steroid dienone is 12. The number of rotatable bonds is 58. The molecule has 0 aliphatic carbocycles. The van der Waals surface area contributed by atoms with Crippen molar-refractivity contribution in [3.05, 3.63) is 72.9 Å². The molecule has 0 N–H and O–H groups in total.